The highest BCUT2D eigenvalue weighted by molar-refractivity contribution is 6.01. The molecule has 97 heavy (non-hydrogen) atoms. The molecule has 2 saturated heterocycles. The zero-order valence-corrected chi connectivity index (χ0v) is 58.9. The molecule has 0 aromatic rings. The number of fused-ring (bicyclic) bond motifs is 1. The van der Waals surface area contributed by atoms with Crippen LogP contribution in [0.4, 0.5) is 0 Å². The molecule has 33 nitrogen and oxygen atoms in total. The molecule has 0 aromatic carbocycles. The summed E-state index contributed by atoms with van der Waals surface area (Å²) < 4.78 is 0. The molecule has 2 aliphatic heterocycles. The van der Waals surface area contributed by atoms with E-state index in [9.17, 15) is 92.7 Å². The van der Waals surface area contributed by atoms with Crippen molar-refractivity contribution in [3.8, 4) is 0 Å². The third kappa shape index (κ3) is 26.3. The number of unbranched alkanes of at least 4 members (excludes halogenated alkanes) is 4. The third-order valence-electron chi connectivity index (χ3n) is 17.4. The first kappa shape index (κ1) is 85.5. The summed E-state index contributed by atoms with van der Waals surface area (Å²) in [5.74, 6) is -18.5. The van der Waals surface area contributed by atoms with E-state index in [1.54, 1.807) is 20.8 Å². The maximum atomic E-state index is 14.7. The first-order valence-electron chi connectivity index (χ1n) is 33.7. The van der Waals surface area contributed by atoms with Crippen molar-refractivity contribution >= 4 is 82.7 Å². The summed E-state index contributed by atoms with van der Waals surface area (Å²) in [7, 11) is 1.15. The zero-order valence-electron chi connectivity index (χ0n) is 58.9. The Hall–Kier alpha value is -7.62. The van der Waals surface area contributed by atoms with E-state index in [0.717, 1.165) is 43.0 Å². The lowest BCUT2D eigenvalue weighted by molar-refractivity contribution is -0.146. The van der Waals surface area contributed by atoms with Crippen molar-refractivity contribution in [3.63, 3.8) is 0 Å². The molecule has 0 bridgehead atoms. The smallest absolute Gasteiger partial charge is 0.248 e. The minimum atomic E-state index is -1.97. The lowest BCUT2D eigenvalue weighted by atomic mass is 9.95. The second kappa shape index (κ2) is 40.3. The van der Waals surface area contributed by atoms with Gasteiger partial charge in [0.15, 0.2) is 0 Å². The summed E-state index contributed by atoms with van der Waals surface area (Å²) >= 11 is 0. The highest BCUT2D eigenvalue weighted by Gasteiger charge is 2.46. The van der Waals surface area contributed by atoms with Crippen molar-refractivity contribution in [3.05, 3.63) is 0 Å². The van der Waals surface area contributed by atoms with Gasteiger partial charge in [-0.15, -0.1) is 0 Å². The lowest BCUT2D eigenvalue weighted by Gasteiger charge is -2.36. The zero-order chi connectivity index (χ0) is 74.2. The first-order chi connectivity index (χ1) is 45.1. The Kier molecular flexibility index (Phi) is 35.5. The van der Waals surface area contributed by atoms with Crippen LogP contribution in [0.3, 0.4) is 0 Å². The second-order valence-corrected chi connectivity index (χ2v) is 27.2. The Morgan fingerprint density at radius 3 is 1.46 bits per heavy atom. The maximum absolute atomic E-state index is 14.7. The molecule has 0 saturated carbocycles. The number of carbonyl (C=O) groups excluding carboxylic acids is 14. The molecule has 19 N–H and O–H groups in total. The van der Waals surface area contributed by atoms with E-state index in [1.165, 1.54) is 62.3 Å². The minimum absolute atomic E-state index is 0.154. The van der Waals surface area contributed by atoms with Gasteiger partial charge in [-0.1, -0.05) is 115 Å². The molecule has 2 aliphatic rings. The number of aliphatic hydroxyl groups is 5. The number of primary amides is 2. The van der Waals surface area contributed by atoms with Crippen LogP contribution in [0.25, 0.3) is 0 Å². The Labute approximate surface area is 568 Å². The van der Waals surface area contributed by atoms with Crippen LogP contribution in [-0.2, 0) is 67.1 Å². The van der Waals surface area contributed by atoms with E-state index >= 15 is 0 Å². The number of hydrogen-bond donors (Lipinski definition) is 17. The van der Waals surface area contributed by atoms with Crippen LogP contribution in [0.15, 0.2) is 0 Å². The minimum Gasteiger partial charge on any atom is -0.391 e. The summed E-state index contributed by atoms with van der Waals surface area (Å²) in [5.41, 5.74) is 11.1. The van der Waals surface area contributed by atoms with Gasteiger partial charge >= 0.3 is 0 Å². The predicted molar refractivity (Wildman–Crippen MR) is 352 cm³/mol. The largest absolute Gasteiger partial charge is 0.391 e. The monoisotopic (exact) mass is 1380 g/mol. The normalized spacial score (nSPS) is 28.5. The van der Waals surface area contributed by atoms with Crippen LogP contribution in [-0.4, -0.2) is 235 Å². The van der Waals surface area contributed by atoms with Gasteiger partial charge in [-0.3, -0.25) is 67.1 Å². The number of likely N-dealkylation sites (N-methyl/N-ethyl adjacent to an activating group) is 1. The van der Waals surface area contributed by atoms with Gasteiger partial charge in [0.2, 0.25) is 82.7 Å². The number of carbonyl (C=O) groups is 14. The number of nitrogens with two attached hydrogens (primary N) is 2. The fourth-order valence-corrected chi connectivity index (χ4v) is 11.2. The second-order valence-electron chi connectivity index (χ2n) is 27.2. The van der Waals surface area contributed by atoms with Crippen LogP contribution in [0.2, 0.25) is 0 Å². The van der Waals surface area contributed by atoms with Gasteiger partial charge in [0, 0.05) is 38.9 Å². The van der Waals surface area contributed by atoms with E-state index in [-0.39, 0.29) is 12.8 Å². The number of amides is 14. The molecule has 2 heterocycles. The van der Waals surface area contributed by atoms with E-state index in [1.807, 2.05) is 6.92 Å². The summed E-state index contributed by atoms with van der Waals surface area (Å²) in [6.45, 7) is 20.4. The molecule has 18 atom stereocenters. The van der Waals surface area contributed by atoms with Gasteiger partial charge in [-0.25, -0.2) is 0 Å². The summed E-state index contributed by atoms with van der Waals surface area (Å²) in [5, 5.41) is 80.8. The number of nitrogens with one attached hydrogen (secondary N) is 10. The number of hydrogen-bond acceptors (Lipinski definition) is 19. The van der Waals surface area contributed by atoms with Crippen molar-refractivity contribution in [2.75, 3.05) is 13.6 Å². The van der Waals surface area contributed by atoms with Gasteiger partial charge < -0.3 is 100.0 Å². The highest BCUT2D eigenvalue weighted by Crippen LogP contribution is 2.23. The van der Waals surface area contributed by atoms with Gasteiger partial charge in [0.25, 0.3) is 0 Å². The third-order valence-corrected chi connectivity index (χ3v) is 17.4. The van der Waals surface area contributed by atoms with Crippen molar-refractivity contribution < 1.29 is 92.7 Å². The Bertz CT molecular complexity index is 2730. The Balaban J connectivity index is 2.96. The predicted octanol–water partition coefficient (Wildman–Crippen LogP) is -4.30. The SMILES string of the molecule is CCCCCCC[C@@H]1CC(=O)N[C@@H](C(C)C)C(=O)N[C@H]([C@@H](O)C(C)C)C(=O)N[C@@H](C)C(=O)N[C@H]([C@@H](O)C(C)C)C(=O)N[C@@H](CCC(N)=O)C(=O)N(C)[C@@H]([C@@H](C)CC)C(=O)N[C@H](CC(N)=O)C(=O)N[C@@H]([C@@H](C)O)C(=O)N2C[C@H](O)C[C@H]2C(=O)N[C@H](C(C)C)C(=O)N[C@@H]([C@@H](C)O)C(=O)N1. The average molecular weight is 1380 g/mol. The molecule has 552 valence electrons. The fourth-order valence-electron chi connectivity index (χ4n) is 11.2. The van der Waals surface area contributed by atoms with Gasteiger partial charge in [0.05, 0.1) is 36.9 Å². The van der Waals surface area contributed by atoms with Crippen LogP contribution >= 0.6 is 0 Å². The molecule has 0 aromatic heterocycles. The molecule has 0 spiro atoms. The number of aliphatic hydroxyl groups excluding tert-OH is 5. The molecular formula is C64H112N14O19. The molecular weight excluding hydrogens is 1270 g/mol. The van der Waals surface area contributed by atoms with Crippen molar-refractivity contribution in [2.45, 2.75) is 277 Å². The molecule has 0 aliphatic carbocycles. The summed E-state index contributed by atoms with van der Waals surface area (Å²) in [4.78, 5) is 199. The Morgan fingerprint density at radius 1 is 0.505 bits per heavy atom. The molecule has 0 radical (unpaired) electrons. The van der Waals surface area contributed by atoms with Gasteiger partial charge in [-0.2, -0.15) is 0 Å². The molecule has 2 rings (SSSR count). The number of nitrogens with zero attached hydrogens (tertiary/aromatic N) is 2. The molecule has 14 amide bonds. The van der Waals surface area contributed by atoms with Gasteiger partial charge in [0.1, 0.15) is 66.5 Å². The van der Waals surface area contributed by atoms with Crippen LogP contribution in [0.1, 0.15) is 174 Å². The van der Waals surface area contributed by atoms with Crippen LogP contribution in [0.5, 0.6) is 0 Å². The van der Waals surface area contributed by atoms with Crippen LogP contribution < -0.4 is 64.6 Å². The lowest BCUT2D eigenvalue weighted by Crippen LogP contribution is -2.64. The maximum Gasteiger partial charge on any atom is 0.248 e. The summed E-state index contributed by atoms with van der Waals surface area (Å²) in [6.07, 6.45) is -6.85. The molecule has 2 fully saturated rings. The van der Waals surface area contributed by atoms with E-state index in [2.05, 4.69) is 53.2 Å². The molecule has 0 unspecified atom stereocenters. The average Bonchev–Trinajstić information content (AvgIpc) is 1.78. The standard InChI is InChI=1S/C64H112N14O19/c1-16-18-19-20-21-22-37-25-44(84)71-45(29(3)4)57(90)76-49(52(85)31(7)8)60(93)67-34(12)54(87)75-50(53(86)32(9)10)61(94)69-39(23-24-42(65)82)63(96)77(15)51(33(11)17-2)62(95)70-40(27-43(66)83)55(88)74-48(36(14)80)64(97)78-28-38(81)26-41(78)56(89)72-46(30(5)6)58(91)73-47(35(13)79)59(92)68-37/h29-41,45-53,79-81,85-86H,16-28H2,1-15H3,(H2,65,82)(H2,66,83)(H,67,93)(H,68,92)(H,69,94)(H,70,95)(H,71,84)(H,72,89)(H,73,91)(H,74,88)(H,75,87)(H,76,90)/t33-,34-,35+,36+,37+,38+,39-,40+,41-,45-,46+,47-,48-,49+,50+,51-,52-,53-/m0/s1. The van der Waals surface area contributed by atoms with Crippen molar-refractivity contribution in [1.82, 2.24) is 63.0 Å². The molecule has 33 heteroatoms. The van der Waals surface area contributed by atoms with Gasteiger partial charge in [-0.05, 0) is 63.2 Å². The van der Waals surface area contributed by atoms with E-state index in [4.69, 9.17) is 11.5 Å². The Morgan fingerprint density at radius 2 is 0.969 bits per heavy atom. The summed E-state index contributed by atoms with van der Waals surface area (Å²) in [6, 6.07) is -19.7. The van der Waals surface area contributed by atoms with E-state index in [0.29, 0.717) is 12.8 Å². The van der Waals surface area contributed by atoms with E-state index < -0.39 is 254 Å². The number of rotatable bonds is 21. The van der Waals surface area contributed by atoms with Crippen LogP contribution in [0, 0.1) is 29.6 Å². The first-order valence-corrected chi connectivity index (χ1v) is 33.7. The quantitative estimate of drug-likeness (QED) is 0.0484. The fraction of sp³-hybridized carbons (Fsp3) is 0.781. The highest BCUT2D eigenvalue weighted by atomic mass is 16.3. The van der Waals surface area contributed by atoms with Crippen molar-refractivity contribution in [1.29, 1.82) is 0 Å². The van der Waals surface area contributed by atoms with Crippen molar-refractivity contribution in [2.24, 2.45) is 41.1 Å². The topological polar surface area (TPSA) is 519 Å².